The standard InChI is InChI=1S/C26H33F3N2O/c1-2-3-4-5-6-7-8-9-10-11-12-21-13-17-23(18-14-21)30-31-24-19-15-22(16-20-24)25(32)26(27,28)29/h13-20H,2-12H2,1H3. The molecular formula is C26H33F3N2O. The van der Waals surface area contributed by atoms with Gasteiger partial charge < -0.3 is 0 Å². The molecule has 2 aromatic carbocycles. The Hall–Kier alpha value is -2.50. The summed E-state index contributed by atoms with van der Waals surface area (Å²) in [6.45, 7) is 2.25. The first-order valence-electron chi connectivity index (χ1n) is 11.6. The summed E-state index contributed by atoms with van der Waals surface area (Å²) in [6, 6.07) is 12.8. The molecule has 0 bridgehead atoms. The van der Waals surface area contributed by atoms with Crippen molar-refractivity contribution in [3.63, 3.8) is 0 Å². The summed E-state index contributed by atoms with van der Waals surface area (Å²) in [7, 11) is 0. The number of unbranched alkanes of at least 4 members (excludes halogenated alkanes) is 9. The molecule has 2 rings (SSSR count). The largest absolute Gasteiger partial charge is 0.454 e. The number of rotatable bonds is 14. The molecule has 0 unspecified atom stereocenters. The first-order valence-corrected chi connectivity index (χ1v) is 11.6. The lowest BCUT2D eigenvalue weighted by molar-refractivity contribution is -0.0885. The highest BCUT2D eigenvalue weighted by Crippen LogP contribution is 2.24. The van der Waals surface area contributed by atoms with Gasteiger partial charge in [-0.15, -0.1) is 0 Å². The Bertz CT molecular complexity index is 828. The molecular weight excluding hydrogens is 413 g/mol. The summed E-state index contributed by atoms with van der Waals surface area (Å²) in [5, 5.41) is 8.14. The van der Waals surface area contributed by atoms with Crippen LogP contribution < -0.4 is 0 Å². The number of azo groups is 1. The van der Waals surface area contributed by atoms with Gasteiger partial charge in [-0.05, 0) is 54.8 Å². The normalized spacial score (nSPS) is 11.9. The van der Waals surface area contributed by atoms with E-state index in [0.29, 0.717) is 11.4 Å². The number of Topliss-reactive ketones (excluding diaryl/α,β-unsaturated/α-hetero) is 1. The summed E-state index contributed by atoms with van der Waals surface area (Å²) in [4.78, 5) is 11.2. The molecule has 0 aliphatic heterocycles. The molecule has 0 atom stereocenters. The minimum atomic E-state index is -4.88. The second-order valence-electron chi connectivity index (χ2n) is 8.17. The van der Waals surface area contributed by atoms with Gasteiger partial charge in [0.1, 0.15) is 0 Å². The maximum atomic E-state index is 12.4. The Morgan fingerprint density at radius 1 is 0.688 bits per heavy atom. The molecule has 0 aromatic heterocycles. The van der Waals surface area contributed by atoms with Crippen LogP contribution in [0.15, 0.2) is 58.8 Å². The van der Waals surface area contributed by atoms with Crippen molar-refractivity contribution in [2.24, 2.45) is 10.2 Å². The molecule has 0 radical (unpaired) electrons. The Morgan fingerprint density at radius 3 is 1.59 bits per heavy atom. The summed E-state index contributed by atoms with van der Waals surface area (Å²) in [6.07, 6.45) is 9.36. The van der Waals surface area contributed by atoms with Gasteiger partial charge in [0.05, 0.1) is 11.4 Å². The molecule has 0 aliphatic carbocycles. The van der Waals surface area contributed by atoms with E-state index >= 15 is 0 Å². The van der Waals surface area contributed by atoms with E-state index < -0.39 is 17.5 Å². The Labute approximate surface area is 189 Å². The first-order chi connectivity index (χ1) is 15.4. The second kappa shape index (κ2) is 13.8. The lowest BCUT2D eigenvalue weighted by atomic mass is 10.0. The van der Waals surface area contributed by atoms with Crippen molar-refractivity contribution in [3.8, 4) is 0 Å². The number of carbonyl (C=O) groups excluding carboxylic acids is 1. The maximum Gasteiger partial charge on any atom is 0.454 e. The topological polar surface area (TPSA) is 41.8 Å². The minimum Gasteiger partial charge on any atom is -0.284 e. The molecule has 174 valence electrons. The van der Waals surface area contributed by atoms with E-state index in [9.17, 15) is 18.0 Å². The van der Waals surface area contributed by atoms with Crippen molar-refractivity contribution in [3.05, 3.63) is 59.7 Å². The number of nitrogens with zero attached hydrogens (tertiary/aromatic N) is 2. The Kier molecular flexibility index (Phi) is 11.1. The van der Waals surface area contributed by atoms with E-state index in [-0.39, 0.29) is 0 Å². The van der Waals surface area contributed by atoms with Gasteiger partial charge >= 0.3 is 6.18 Å². The number of benzene rings is 2. The van der Waals surface area contributed by atoms with Crippen molar-refractivity contribution in [1.29, 1.82) is 0 Å². The van der Waals surface area contributed by atoms with Gasteiger partial charge in [0.25, 0.3) is 5.78 Å². The highest BCUT2D eigenvalue weighted by atomic mass is 19.4. The van der Waals surface area contributed by atoms with Crippen LogP contribution in [-0.4, -0.2) is 12.0 Å². The van der Waals surface area contributed by atoms with E-state index in [2.05, 4.69) is 17.2 Å². The molecule has 0 aliphatic rings. The van der Waals surface area contributed by atoms with Crippen LogP contribution in [-0.2, 0) is 6.42 Å². The van der Waals surface area contributed by atoms with E-state index in [1.807, 2.05) is 24.3 Å². The molecule has 0 saturated carbocycles. The van der Waals surface area contributed by atoms with Gasteiger partial charge in [-0.1, -0.05) is 76.8 Å². The maximum absolute atomic E-state index is 12.4. The monoisotopic (exact) mass is 446 g/mol. The molecule has 32 heavy (non-hydrogen) atoms. The molecule has 2 aromatic rings. The molecule has 6 heteroatoms. The fourth-order valence-electron chi connectivity index (χ4n) is 3.50. The van der Waals surface area contributed by atoms with Gasteiger partial charge in [0.15, 0.2) is 0 Å². The molecule has 0 spiro atoms. The average molecular weight is 447 g/mol. The number of aryl methyl sites for hydroxylation is 1. The number of carbonyl (C=O) groups is 1. The van der Waals surface area contributed by atoms with Crippen LogP contribution in [0.3, 0.4) is 0 Å². The molecule has 0 heterocycles. The zero-order valence-corrected chi connectivity index (χ0v) is 18.8. The quantitative estimate of drug-likeness (QED) is 0.162. The highest BCUT2D eigenvalue weighted by molar-refractivity contribution is 6.00. The molecule has 0 amide bonds. The third kappa shape index (κ3) is 9.75. The third-order valence-corrected chi connectivity index (χ3v) is 5.42. The van der Waals surface area contributed by atoms with Gasteiger partial charge in [0, 0.05) is 5.56 Å². The van der Waals surface area contributed by atoms with Crippen molar-refractivity contribution in [2.45, 2.75) is 83.7 Å². The minimum absolute atomic E-state index is 0.387. The van der Waals surface area contributed by atoms with Crippen LogP contribution >= 0.6 is 0 Å². The van der Waals surface area contributed by atoms with Gasteiger partial charge in [-0.2, -0.15) is 23.4 Å². The lowest BCUT2D eigenvalue weighted by Crippen LogP contribution is -2.22. The van der Waals surface area contributed by atoms with Gasteiger partial charge in [-0.25, -0.2) is 0 Å². The smallest absolute Gasteiger partial charge is 0.284 e. The lowest BCUT2D eigenvalue weighted by Gasteiger charge is -2.04. The van der Waals surface area contributed by atoms with Crippen LogP contribution in [0.25, 0.3) is 0 Å². The SMILES string of the molecule is CCCCCCCCCCCCc1ccc(N=Nc2ccc(C(=O)C(F)(F)F)cc2)cc1. The van der Waals surface area contributed by atoms with Crippen molar-refractivity contribution < 1.29 is 18.0 Å². The van der Waals surface area contributed by atoms with Gasteiger partial charge in [-0.3, -0.25) is 4.79 Å². The molecule has 0 saturated heterocycles. The second-order valence-corrected chi connectivity index (χ2v) is 8.17. The Morgan fingerprint density at radius 2 is 1.12 bits per heavy atom. The van der Waals surface area contributed by atoms with Crippen molar-refractivity contribution in [1.82, 2.24) is 0 Å². The van der Waals surface area contributed by atoms with Crippen LogP contribution in [0.1, 0.15) is 87.1 Å². The van der Waals surface area contributed by atoms with Crippen molar-refractivity contribution >= 4 is 17.2 Å². The van der Waals surface area contributed by atoms with Crippen LogP contribution in [0.5, 0.6) is 0 Å². The fraction of sp³-hybridized carbons (Fsp3) is 0.500. The third-order valence-electron chi connectivity index (χ3n) is 5.42. The van der Waals surface area contributed by atoms with E-state index in [4.69, 9.17) is 0 Å². The number of hydrogen-bond donors (Lipinski definition) is 0. The first kappa shape index (κ1) is 25.8. The predicted molar refractivity (Wildman–Crippen MR) is 123 cm³/mol. The molecule has 0 fully saturated rings. The molecule has 3 nitrogen and oxygen atoms in total. The van der Waals surface area contributed by atoms with Crippen LogP contribution in [0.2, 0.25) is 0 Å². The van der Waals surface area contributed by atoms with Crippen LogP contribution in [0, 0.1) is 0 Å². The summed E-state index contributed by atoms with van der Waals surface area (Å²) in [5.74, 6) is -1.86. The fourth-order valence-corrected chi connectivity index (χ4v) is 3.50. The van der Waals surface area contributed by atoms with E-state index in [1.165, 1.54) is 81.9 Å². The van der Waals surface area contributed by atoms with Gasteiger partial charge in [0.2, 0.25) is 0 Å². The van der Waals surface area contributed by atoms with E-state index in [1.54, 1.807) is 0 Å². The summed E-state index contributed by atoms with van der Waals surface area (Å²) < 4.78 is 37.3. The number of ketones is 1. The Balaban J connectivity index is 1.68. The number of halogens is 3. The summed E-state index contributed by atoms with van der Waals surface area (Å²) in [5.41, 5.74) is 1.91. The van der Waals surface area contributed by atoms with Crippen molar-refractivity contribution in [2.75, 3.05) is 0 Å². The highest BCUT2D eigenvalue weighted by Gasteiger charge is 2.39. The average Bonchev–Trinajstić information content (AvgIpc) is 2.79. The zero-order valence-electron chi connectivity index (χ0n) is 18.8. The number of hydrogen-bond acceptors (Lipinski definition) is 3. The molecule has 0 N–H and O–H groups in total. The van der Waals surface area contributed by atoms with E-state index in [0.717, 1.165) is 18.6 Å². The zero-order chi connectivity index (χ0) is 23.2. The summed E-state index contributed by atoms with van der Waals surface area (Å²) >= 11 is 0. The number of alkyl halides is 3. The van der Waals surface area contributed by atoms with Crippen LogP contribution in [0.4, 0.5) is 24.5 Å². The predicted octanol–water partition coefficient (Wildman–Crippen LogP) is 9.31.